The SMILES string of the molecule is C=C(c1ccc(C#N)cc1)N1C=CO/C1=C(/C)c1ccccc1F. The van der Waals surface area contributed by atoms with Crippen molar-refractivity contribution in [3.63, 3.8) is 0 Å². The van der Waals surface area contributed by atoms with E-state index in [1.54, 1.807) is 48.4 Å². The van der Waals surface area contributed by atoms with Gasteiger partial charge in [-0.1, -0.05) is 36.9 Å². The van der Waals surface area contributed by atoms with Crippen molar-refractivity contribution < 1.29 is 9.13 Å². The monoisotopic (exact) mass is 318 g/mol. The third-order valence-electron chi connectivity index (χ3n) is 3.85. The van der Waals surface area contributed by atoms with Crippen molar-refractivity contribution in [3.8, 4) is 6.07 Å². The van der Waals surface area contributed by atoms with Crippen molar-refractivity contribution in [1.82, 2.24) is 4.90 Å². The van der Waals surface area contributed by atoms with Gasteiger partial charge in [0.2, 0.25) is 5.88 Å². The molecule has 4 heteroatoms. The van der Waals surface area contributed by atoms with Gasteiger partial charge in [-0.25, -0.2) is 4.39 Å². The van der Waals surface area contributed by atoms with E-state index in [4.69, 9.17) is 10.00 Å². The van der Waals surface area contributed by atoms with Crippen LogP contribution in [0.15, 0.2) is 73.5 Å². The van der Waals surface area contributed by atoms with Crippen LogP contribution in [0, 0.1) is 17.1 Å². The Hall–Kier alpha value is -3.32. The molecular formula is C20H15FN2O. The maximum Gasteiger partial charge on any atom is 0.207 e. The van der Waals surface area contributed by atoms with Crippen molar-refractivity contribution >= 4 is 11.3 Å². The lowest BCUT2D eigenvalue weighted by atomic mass is 10.1. The van der Waals surface area contributed by atoms with Crippen LogP contribution >= 0.6 is 0 Å². The van der Waals surface area contributed by atoms with Crippen LogP contribution in [0.5, 0.6) is 0 Å². The van der Waals surface area contributed by atoms with Gasteiger partial charge in [0, 0.05) is 23.0 Å². The minimum absolute atomic E-state index is 0.304. The number of hydrogen-bond donors (Lipinski definition) is 0. The summed E-state index contributed by atoms with van der Waals surface area (Å²) in [5.41, 5.74) is 3.27. The maximum atomic E-state index is 14.0. The van der Waals surface area contributed by atoms with Crippen molar-refractivity contribution in [3.05, 3.63) is 96.0 Å². The first-order valence-electron chi connectivity index (χ1n) is 7.39. The van der Waals surface area contributed by atoms with E-state index in [0.717, 1.165) is 5.56 Å². The first kappa shape index (κ1) is 15.6. The number of allylic oxidation sites excluding steroid dienone is 1. The molecule has 1 heterocycles. The first-order chi connectivity index (χ1) is 11.6. The molecule has 0 N–H and O–H groups in total. The predicted octanol–water partition coefficient (Wildman–Crippen LogP) is 4.86. The first-order valence-corrected chi connectivity index (χ1v) is 7.39. The zero-order chi connectivity index (χ0) is 17.1. The Balaban J connectivity index is 1.96. The van der Waals surface area contributed by atoms with Crippen LogP contribution in [0.1, 0.15) is 23.6 Å². The number of ether oxygens (including phenoxy) is 1. The fourth-order valence-electron chi connectivity index (χ4n) is 2.52. The lowest BCUT2D eigenvalue weighted by Gasteiger charge is -2.21. The zero-order valence-corrected chi connectivity index (χ0v) is 13.2. The molecule has 3 nitrogen and oxygen atoms in total. The second-order valence-corrected chi connectivity index (χ2v) is 5.32. The summed E-state index contributed by atoms with van der Waals surface area (Å²) in [7, 11) is 0. The summed E-state index contributed by atoms with van der Waals surface area (Å²) in [6, 6.07) is 15.8. The van der Waals surface area contributed by atoms with E-state index in [1.165, 1.54) is 12.3 Å². The number of rotatable bonds is 3. The standard InChI is InChI=1S/C20H15FN2O/c1-14(18-5-3-4-6-19(18)21)20-23(11-12-24-20)15(2)17-9-7-16(13-22)8-10-17/h3-12H,2H2,1H3/b20-14-. The molecule has 0 aliphatic carbocycles. The van der Waals surface area contributed by atoms with Gasteiger partial charge in [0.05, 0.1) is 11.6 Å². The molecule has 0 saturated carbocycles. The molecule has 2 aromatic carbocycles. The van der Waals surface area contributed by atoms with Crippen LogP contribution in [0.4, 0.5) is 4.39 Å². The fraction of sp³-hybridized carbons (Fsp3) is 0.0500. The topological polar surface area (TPSA) is 36.3 Å². The summed E-state index contributed by atoms with van der Waals surface area (Å²) in [5, 5.41) is 8.89. The molecule has 0 radical (unpaired) electrons. The van der Waals surface area contributed by atoms with E-state index in [0.29, 0.717) is 28.3 Å². The molecule has 24 heavy (non-hydrogen) atoms. The van der Waals surface area contributed by atoms with Gasteiger partial charge in [0.25, 0.3) is 0 Å². The number of halogens is 1. The van der Waals surface area contributed by atoms with Crippen molar-refractivity contribution in [2.45, 2.75) is 6.92 Å². The van der Waals surface area contributed by atoms with E-state index in [9.17, 15) is 4.39 Å². The zero-order valence-electron chi connectivity index (χ0n) is 13.2. The van der Waals surface area contributed by atoms with Gasteiger partial charge in [-0.3, -0.25) is 4.90 Å². The number of nitriles is 1. The molecule has 0 saturated heterocycles. The van der Waals surface area contributed by atoms with Crippen LogP contribution in [0.25, 0.3) is 11.3 Å². The molecule has 118 valence electrons. The van der Waals surface area contributed by atoms with Gasteiger partial charge in [0.15, 0.2) is 0 Å². The number of hydrogen-bond acceptors (Lipinski definition) is 3. The number of nitrogens with zero attached hydrogens (tertiary/aromatic N) is 2. The normalized spacial score (nSPS) is 15.0. The molecular weight excluding hydrogens is 303 g/mol. The molecule has 0 spiro atoms. The predicted molar refractivity (Wildman–Crippen MR) is 91.2 cm³/mol. The second kappa shape index (κ2) is 6.43. The highest BCUT2D eigenvalue weighted by Gasteiger charge is 2.22. The van der Waals surface area contributed by atoms with E-state index >= 15 is 0 Å². The van der Waals surface area contributed by atoms with E-state index in [2.05, 4.69) is 12.6 Å². The van der Waals surface area contributed by atoms with Crippen molar-refractivity contribution in [2.75, 3.05) is 0 Å². The van der Waals surface area contributed by atoms with Gasteiger partial charge >= 0.3 is 0 Å². The molecule has 1 aliphatic heterocycles. The highest BCUT2D eigenvalue weighted by molar-refractivity contribution is 5.72. The Bertz CT molecular complexity index is 889. The van der Waals surface area contributed by atoms with Gasteiger partial charge in [0.1, 0.15) is 12.1 Å². The fourth-order valence-corrected chi connectivity index (χ4v) is 2.52. The highest BCUT2D eigenvalue weighted by Crippen LogP contribution is 2.33. The molecule has 0 aromatic heterocycles. The quantitative estimate of drug-likeness (QED) is 0.811. The van der Waals surface area contributed by atoms with E-state index in [-0.39, 0.29) is 5.82 Å². The van der Waals surface area contributed by atoms with Crippen molar-refractivity contribution in [1.29, 1.82) is 5.26 Å². The highest BCUT2D eigenvalue weighted by atomic mass is 19.1. The third kappa shape index (κ3) is 2.80. The van der Waals surface area contributed by atoms with Gasteiger partial charge in [-0.05, 0) is 30.7 Å². The Labute approximate surface area is 140 Å². The summed E-state index contributed by atoms with van der Waals surface area (Å²) in [4.78, 5) is 1.77. The summed E-state index contributed by atoms with van der Waals surface area (Å²) in [5.74, 6) is 0.205. The average molecular weight is 318 g/mol. The lowest BCUT2D eigenvalue weighted by Crippen LogP contribution is -2.13. The summed E-state index contributed by atoms with van der Waals surface area (Å²) >= 11 is 0. The van der Waals surface area contributed by atoms with Gasteiger partial charge in [-0.2, -0.15) is 5.26 Å². The van der Waals surface area contributed by atoms with Gasteiger partial charge < -0.3 is 4.74 Å². The number of benzene rings is 2. The molecule has 0 bridgehead atoms. The van der Waals surface area contributed by atoms with Crippen LogP contribution in [-0.2, 0) is 4.74 Å². The van der Waals surface area contributed by atoms with Crippen LogP contribution in [0.3, 0.4) is 0 Å². The van der Waals surface area contributed by atoms with Gasteiger partial charge in [-0.15, -0.1) is 0 Å². The van der Waals surface area contributed by atoms with Crippen LogP contribution < -0.4 is 0 Å². The summed E-state index contributed by atoms with van der Waals surface area (Å²) < 4.78 is 19.6. The Kier molecular flexibility index (Phi) is 4.17. The minimum atomic E-state index is -0.304. The van der Waals surface area contributed by atoms with Crippen LogP contribution in [0.2, 0.25) is 0 Å². The largest absolute Gasteiger partial charge is 0.446 e. The second-order valence-electron chi connectivity index (χ2n) is 5.32. The summed E-state index contributed by atoms with van der Waals surface area (Å²) in [6.07, 6.45) is 3.27. The molecule has 0 atom stereocenters. The van der Waals surface area contributed by atoms with E-state index < -0.39 is 0 Å². The molecule has 0 fully saturated rings. The Morgan fingerprint density at radius 2 is 1.88 bits per heavy atom. The summed E-state index contributed by atoms with van der Waals surface area (Å²) in [6.45, 7) is 5.90. The van der Waals surface area contributed by atoms with Crippen molar-refractivity contribution in [2.24, 2.45) is 0 Å². The Morgan fingerprint density at radius 3 is 2.54 bits per heavy atom. The smallest absolute Gasteiger partial charge is 0.207 e. The average Bonchev–Trinajstić information content (AvgIpc) is 3.10. The van der Waals surface area contributed by atoms with Crippen LogP contribution in [-0.4, -0.2) is 4.90 Å². The molecule has 0 unspecified atom stereocenters. The molecule has 1 aliphatic rings. The van der Waals surface area contributed by atoms with E-state index in [1.807, 2.05) is 12.1 Å². The molecule has 0 amide bonds. The lowest BCUT2D eigenvalue weighted by molar-refractivity contribution is 0.314. The minimum Gasteiger partial charge on any atom is -0.446 e. The third-order valence-corrected chi connectivity index (χ3v) is 3.85. The Morgan fingerprint density at radius 1 is 1.17 bits per heavy atom. The molecule has 2 aromatic rings. The maximum absolute atomic E-state index is 14.0. The molecule has 3 rings (SSSR count).